The minimum atomic E-state index is -5.26. The second-order valence-corrected chi connectivity index (χ2v) is 23.3. The number of alkyl carbamates (subject to hydrolysis) is 2. The molecule has 7 heterocycles. The zero-order valence-electron chi connectivity index (χ0n) is 48.0. The van der Waals surface area contributed by atoms with Crippen molar-refractivity contribution >= 4 is 29.9 Å². The molecule has 5 fully saturated rings. The maximum atomic E-state index is 16.2. The number of aromatic nitrogens is 4. The molecule has 4 aromatic rings. The van der Waals surface area contributed by atoms with Crippen LogP contribution in [0.2, 0.25) is 0 Å². The molecule has 3 unspecified atom stereocenters. The summed E-state index contributed by atoms with van der Waals surface area (Å²) in [6.45, 7) is -0.333. The standard InChI is InChI=1S/C57H65F10N11O10/c1-54(2,56(62,63)64)46(71-52(82)87-38-27-84-28-38)48(80)70-44(17-32-8-5-31(6-9-32)7-10-33-20-68-51(69-21-33)75-22-35-11-12-36(23-75)77(35)24-37-14-16-86-37)45(79)26-76(25-40-41(58)18-34(19-42(40)59)43-13-15-78(73-43)50(60)61)74-49(81)47(55(3,4)57(65,66)67)72-53(83)88-39-29-85-30-39/h5-6,8-9,13,15,18-21,35-39,44-47,50,79H,11-12,14,16-17,22-30H2,1-4H3,(H,70,80)(H,71,82)(H,72,83)(H,74,81)/t35?,36?,37?,44-,45-,46+,47+/m0/s1. The normalized spacial score (nSPS) is 20.6. The number of hydrogen-bond donors (Lipinski definition) is 5. The second-order valence-electron chi connectivity index (χ2n) is 23.3. The van der Waals surface area contributed by atoms with Crippen LogP contribution in [0.1, 0.15) is 75.8 Å². The number of piperazine rings is 1. The van der Waals surface area contributed by atoms with E-state index in [1.54, 1.807) is 12.4 Å². The number of carbonyl (C=O) groups excluding carboxylic acids is 4. The van der Waals surface area contributed by atoms with Crippen LogP contribution in [0.5, 0.6) is 0 Å². The molecule has 2 aromatic carbocycles. The van der Waals surface area contributed by atoms with Crippen LogP contribution in [0, 0.1) is 34.3 Å². The van der Waals surface area contributed by atoms with Crippen LogP contribution in [0.15, 0.2) is 61.1 Å². The first-order chi connectivity index (χ1) is 41.5. The Morgan fingerprint density at radius 2 is 1.30 bits per heavy atom. The third kappa shape index (κ3) is 15.4. The number of carbonyl (C=O) groups is 4. The molecule has 0 saturated carbocycles. The summed E-state index contributed by atoms with van der Waals surface area (Å²) in [4.78, 5) is 68.6. The first-order valence-corrected chi connectivity index (χ1v) is 28.2. The van der Waals surface area contributed by atoms with Crippen LogP contribution in [0.4, 0.5) is 59.4 Å². The van der Waals surface area contributed by atoms with Crippen LogP contribution in [-0.4, -0.2) is 185 Å². The van der Waals surface area contributed by atoms with Gasteiger partial charge in [-0.05, 0) is 89.3 Å². The lowest BCUT2D eigenvalue weighted by Gasteiger charge is -2.43. The lowest BCUT2D eigenvalue weighted by atomic mass is 9.82. The topological polar surface area (TPSA) is 236 Å². The van der Waals surface area contributed by atoms with E-state index in [0.29, 0.717) is 74.0 Å². The van der Waals surface area contributed by atoms with Crippen LogP contribution in [-0.2, 0) is 46.2 Å². The molecule has 0 aliphatic carbocycles. The van der Waals surface area contributed by atoms with E-state index in [2.05, 4.69) is 47.4 Å². The fraction of sp³-hybridized carbons (Fsp3) is 0.561. The van der Waals surface area contributed by atoms with Crippen molar-refractivity contribution in [1.82, 2.24) is 51.0 Å². The van der Waals surface area contributed by atoms with Crippen LogP contribution in [0.3, 0.4) is 0 Å². The SMILES string of the molecule is CC(C)([C@H](NC(=O)OC1COC1)C(=O)N[C@@H](Cc1ccc(C#Cc2cnc(N3CC4CCC(C3)N4CC3CCO3)nc2)cc1)[C@@H](O)CN(Cc1c(F)cc(-c2ccn(C(F)F)n2)cc1F)NC(=O)[C@@H](NC(=O)OC1COC1)C(C)(C)C(F)(F)F)C(F)(F)F. The molecule has 5 saturated heterocycles. The van der Waals surface area contributed by atoms with Gasteiger partial charge in [-0.15, -0.1) is 0 Å². The lowest BCUT2D eigenvalue weighted by molar-refractivity contribution is -0.221. The van der Waals surface area contributed by atoms with Crippen molar-refractivity contribution in [3.63, 3.8) is 0 Å². The number of benzene rings is 2. The summed E-state index contributed by atoms with van der Waals surface area (Å²) in [6, 6.07) is 2.19. The number of rotatable bonds is 22. The van der Waals surface area contributed by atoms with E-state index < -0.39 is 127 Å². The molecule has 2 aromatic heterocycles. The van der Waals surface area contributed by atoms with Crippen molar-refractivity contribution in [2.75, 3.05) is 64.1 Å². The highest BCUT2D eigenvalue weighted by Crippen LogP contribution is 2.42. The lowest BCUT2D eigenvalue weighted by Crippen LogP contribution is -2.64. The Bertz CT molecular complexity index is 3150. The molecule has 5 aliphatic rings. The molecule has 5 aliphatic heterocycles. The fourth-order valence-electron chi connectivity index (χ4n) is 10.4. The molecule has 0 radical (unpaired) electrons. The van der Waals surface area contributed by atoms with E-state index in [-0.39, 0.29) is 54.0 Å². The van der Waals surface area contributed by atoms with Gasteiger partial charge in [0.2, 0.25) is 11.9 Å². The van der Waals surface area contributed by atoms with Gasteiger partial charge in [0.05, 0.1) is 66.8 Å². The molecule has 0 spiro atoms. The average molecular weight is 1250 g/mol. The first-order valence-electron chi connectivity index (χ1n) is 28.2. The molecule has 9 rings (SSSR count). The van der Waals surface area contributed by atoms with Gasteiger partial charge in [-0.2, -0.15) is 40.2 Å². The number of anilines is 1. The van der Waals surface area contributed by atoms with Crippen molar-refractivity contribution in [2.24, 2.45) is 10.8 Å². The number of ether oxygens (including phenoxy) is 5. The Morgan fingerprint density at radius 1 is 0.761 bits per heavy atom. The molecule has 21 nitrogen and oxygen atoms in total. The van der Waals surface area contributed by atoms with Crippen molar-refractivity contribution < 1.29 is 91.9 Å². The Labute approximate surface area is 498 Å². The summed E-state index contributed by atoms with van der Waals surface area (Å²) >= 11 is 0. The number of nitrogens with zero attached hydrogens (tertiary/aromatic N) is 7. The van der Waals surface area contributed by atoms with Crippen molar-refractivity contribution in [2.45, 2.75) is 133 Å². The summed E-state index contributed by atoms with van der Waals surface area (Å²) in [5.41, 5.74) is -4.64. The largest absolute Gasteiger partial charge is 0.441 e. The van der Waals surface area contributed by atoms with E-state index in [9.17, 15) is 59.4 Å². The van der Waals surface area contributed by atoms with Gasteiger partial charge >= 0.3 is 31.1 Å². The Kier molecular flexibility index (Phi) is 19.8. The maximum Gasteiger partial charge on any atom is 0.408 e. The van der Waals surface area contributed by atoms with Crippen LogP contribution >= 0.6 is 0 Å². The molecule has 7 atom stereocenters. The number of alkyl halides is 8. The van der Waals surface area contributed by atoms with Crippen molar-refractivity contribution in [3.05, 3.63) is 94.9 Å². The van der Waals surface area contributed by atoms with Gasteiger partial charge in [-0.1, -0.05) is 24.0 Å². The van der Waals surface area contributed by atoms with E-state index in [4.69, 9.17) is 23.7 Å². The predicted molar refractivity (Wildman–Crippen MR) is 289 cm³/mol. The number of nitrogens with one attached hydrogen (secondary N) is 4. The minimum Gasteiger partial charge on any atom is -0.441 e. The summed E-state index contributed by atoms with van der Waals surface area (Å²) in [5.74, 6) is 0.427. The summed E-state index contributed by atoms with van der Waals surface area (Å²) in [5, 5.41) is 22.5. The number of halogens is 10. The van der Waals surface area contributed by atoms with E-state index in [0.717, 1.165) is 57.8 Å². The summed E-state index contributed by atoms with van der Waals surface area (Å²) < 4.78 is 174. The van der Waals surface area contributed by atoms with Gasteiger partial charge < -0.3 is 49.6 Å². The molecule has 5 N–H and O–H groups in total. The van der Waals surface area contributed by atoms with Crippen molar-refractivity contribution in [1.29, 1.82) is 0 Å². The molecule has 2 bridgehead atoms. The third-order valence-electron chi connectivity index (χ3n) is 16.3. The number of hydrazine groups is 1. The van der Waals surface area contributed by atoms with Gasteiger partial charge in [-0.3, -0.25) is 19.9 Å². The summed E-state index contributed by atoms with van der Waals surface area (Å²) in [7, 11) is 0. The van der Waals surface area contributed by atoms with Gasteiger partial charge in [0, 0.05) is 86.7 Å². The van der Waals surface area contributed by atoms with Crippen LogP contribution in [0.25, 0.3) is 11.3 Å². The number of fused-ring (bicyclic) bond motifs is 2. The van der Waals surface area contributed by atoms with Gasteiger partial charge in [0.25, 0.3) is 5.91 Å². The first kappa shape index (κ1) is 65.1. The number of aliphatic hydroxyl groups excluding tert-OH is 1. The van der Waals surface area contributed by atoms with E-state index in [1.807, 2.05) is 10.6 Å². The number of aliphatic hydroxyl groups is 1. The molecule has 88 heavy (non-hydrogen) atoms. The molecular formula is C57H65F10N11O10. The predicted octanol–water partition coefficient (Wildman–Crippen LogP) is 5.94. The quantitative estimate of drug-likeness (QED) is 0.0348. The highest BCUT2D eigenvalue weighted by atomic mass is 19.4. The van der Waals surface area contributed by atoms with Crippen molar-refractivity contribution in [3.8, 4) is 23.1 Å². The third-order valence-corrected chi connectivity index (χ3v) is 16.3. The van der Waals surface area contributed by atoms with E-state index in [1.165, 1.54) is 24.3 Å². The molecule has 478 valence electrons. The Morgan fingerprint density at radius 3 is 1.77 bits per heavy atom. The molecular weight excluding hydrogens is 1190 g/mol. The van der Waals surface area contributed by atoms with E-state index >= 15 is 8.78 Å². The van der Waals surface area contributed by atoms with Crippen LogP contribution < -0.4 is 26.3 Å². The minimum absolute atomic E-state index is 0.0919. The average Bonchev–Trinajstić information content (AvgIpc) is 2.16. The van der Waals surface area contributed by atoms with Gasteiger partial charge in [-0.25, -0.2) is 38.0 Å². The number of amides is 4. The number of hydrogen-bond acceptors (Lipinski definition) is 16. The Hall–Kier alpha value is -7.37. The van der Waals surface area contributed by atoms with Gasteiger partial charge in [0.1, 0.15) is 23.7 Å². The smallest absolute Gasteiger partial charge is 0.408 e. The highest BCUT2D eigenvalue weighted by Gasteiger charge is 2.58. The molecule has 4 amide bonds. The Balaban J connectivity index is 0.997. The zero-order chi connectivity index (χ0) is 63.5. The summed E-state index contributed by atoms with van der Waals surface area (Å²) in [6.07, 6.45) is -10.4. The molecule has 31 heteroatoms. The maximum absolute atomic E-state index is 16.2. The second kappa shape index (κ2) is 26.8. The zero-order valence-corrected chi connectivity index (χ0v) is 48.0. The van der Waals surface area contributed by atoms with Gasteiger partial charge in [0.15, 0.2) is 12.2 Å². The monoisotopic (exact) mass is 1250 g/mol. The highest BCUT2D eigenvalue weighted by molar-refractivity contribution is 5.87. The fourth-order valence-corrected chi connectivity index (χ4v) is 10.4.